The zero-order valence-electron chi connectivity index (χ0n) is 18.0. The molecule has 0 spiro atoms. The molecule has 3 aromatic carbocycles. The third-order valence-electron chi connectivity index (χ3n) is 5.92. The van der Waals surface area contributed by atoms with Crippen molar-refractivity contribution in [3.05, 3.63) is 87.2 Å². The van der Waals surface area contributed by atoms with Crippen molar-refractivity contribution in [1.82, 2.24) is 4.31 Å². The zero-order valence-corrected chi connectivity index (χ0v) is 19.6. The number of rotatable bonds is 5. The number of fused-ring (bicyclic) bond motifs is 3. The fourth-order valence-corrected chi connectivity index (χ4v) is 6.27. The molecule has 0 unspecified atom stereocenters. The molecule has 0 N–H and O–H groups in total. The molecular formula is C25H20ClNO6S. The van der Waals surface area contributed by atoms with Crippen molar-refractivity contribution in [2.24, 2.45) is 0 Å². The second-order valence-electron chi connectivity index (χ2n) is 8.08. The van der Waals surface area contributed by atoms with Crippen LogP contribution in [0.2, 0.25) is 5.02 Å². The van der Waals surface area contributed by atoms with Crippen LogP contribution in [-0.2, 0) is 21.4 Å². The minimum Gasteiger partial charge on any atom is -0.457 e. The Morgan fingerprint density at radius 3 is 2.59 bits per heavy atom. The lowest BCUT2D eigenvalue weighted by Gasteiger charge is -2.17. The number of halogens is 1. The van der Waals surface area contributed by atoms with Crippen LogP contribution in [0.1, 0.15) is 28.8 Å². The highest BCUT2D eigenvalue weighted by atomic mass is 35.5. The molecule has 1 saturated heterocycles. The lowest BCUT2D eigenvalue weighted by Crippen LogP contribution is -2.28. The van der Waals surface area contributed by atoms with Gasteiger partial charge in [-0.1, -0.05) is 41.9 Å². The third kappa shape index (κ3) is 4.09. The molecule has 174 valence electrons. The molecule has 0 saturated carbocycles. The van der Waals surface area contributed by atoms with Gasteiger partial charge in [0.1, 0.15) is 17.1 Å². The van der Waals surface area contributed by atoms with Crippen LogP contribution in [0.5, 0.6) is 0 Å². The van der Waals surface area contributed by atoms with Crippen molar-refractivity contribution in [1.29, 1.82) is 0 Å². The molecular weight excluding hydrogens is 478 g/mol. The number of sulfonamides is 1. The van der Waals surface area contributed by atoms with Crippen LogP contribution >= 0.6 is 11.6 Å². The van der Waals surface area contributed by atoms with Crippen LogP contribution in [0, 0.1) is 0 Å². The van der Waals surface area contributed by atoms with Gasteiger partial charge in [0.05, 0.1) is 10.6 Å². The average molecular weight is 498 g/mol. The van der Waals surface area contributed by atoms with Crippen LogP contribution in [0.25, 0.3) is 21.7 Å². The molecule has 1 aromatic heterocycles. The van der Waals surface area contributed by atoms with Gasteiger partial charge in [-0.05, 0) is 47.9 Å². The van der Waals surface area contributed by atoms with Gasteiger partial charge in [0, 0.05) is 30.1 Å². The predicted octanol–water partition coefficient (Wildman–Crippen LogP) is 4.74. The van der Waals surface area contributed by atoms with Gasteiger partial charge in [0.15, 0.2) is 0 Å². The van der Waals surface area contributed by atoms with Crippen LogP contribution < -0.4 is 5.63 Å². The fourth-order valence-electron chi connectivity index (χ4n) is 4.26. The molecule has 0 radical (unpaired) electrons. The minimum atomic E-state index is -3.81. The molecule has 7 nitrogen and oxygen atoms in total. The van der Waals surface area contributed by atoms with E-state index in [0.29, 0.717) is 29.6 Å². The predicted molar refractivity (Wildman–Crippen MR) is 129 cm³/mol. The van der Waals surface area contributed by atoms with E-state index in [0.717, 1.165) is 23.6 Å². The maximum Gasteiger partial charge on any atom is 0.338 e. The van der Waals surface area contributed by atoms with Crippen molar-refractivity contribution >= 4 is 49.3 Å². The Labute approximate surface area is 200 Å². The van der Waals surface area contributed by atoms with Gasteiger partial charge in [0.25, 0.3) is 0 Å². The number of nitrogens with zero attached hydrogens (tertiary/aromatic N) is 1. The Hall–Kier alpha value is -3.20. The molecule has 5 rings (SSSR count). The topological polar surface area (TPSA) is 93.9 Å². The first-order chi connectivity index (χ1) is 16.3. The van der Waals surface area contributed by atoms with Crippen molar-refractivity contribution in [3.8, 4) is 0 Å². The summed E-state index contributed by atoms with van der Waals surface area (Å²) in [5.41, 5.74) is 0.386. The minimum absolute atomic E-state index is 0.0431. The summed E-state index contributed by atoms with van der Waals surface area (Å²) in [6, 6.07) is 16.5. The van der Waals surface area contributed by atoms with Gasteiger partial charge in [-0.15, -0.1) is 0 Å². The highest BCUT2D eigenvalue weighted by molar-refractivity contribution is 7.89. The summed E-state index contributed by atoms with van der Waals surface area (Å²) in [6.45, 7) is 0.654. The summed E-state index contributed by atoms with van der Waals surface area (Å²) in [5, 5.41) is 2.53. The Morgan fingerprint density at radius 2 is 1.79 bits per heavy atom. The lowest BCUT2D eigenvalue weighted by molar-refractivity contribution is 0.0473. The van der Waals surface area contributed by atoms with E-state index in [1.54, 1.807) is 6.07 Å². The monoisotopic (exact) mass is 497 g/mol. The summed E-state index contributed by atoms with van der Waals surface area (Å²) in [7, 11) is -3.81. The average Bonchev–Trinajstić information content (AvgIpc) is 3.38. The Balaban J connectivity index is 1.46. The summed E-state index contributed by atoms with van der Waals surface area (Å²) in [6.07, 6.45) is 1.57. The number of carbonyl (C=O) groups is 1. The number of hydrogen-bond donors (Lipinski definition) is 0. The molecule has 0 amide bonds. The summed E-state index contributed by atoms with van der Waals surface area (Å²) in [5.74, 6) is -0.726. The maximum atomic E-state index is 13.0. The molecule has 0 bridgehead atoms. The van der Waals surface area contributed by atoms with Crippen molar-refractivity contribution in [2.45, 2.75) is 24.3 Å². The maximum absolute atomic E-state index is 13.0. The van der Waals surface area contributed by atoms with E-state index in [2.05, 4.69) is 0 Å². The number of benzene rings is 3. The molecule has 1 aliphatic heterocycles. The molecule has 1 fully saturated rings. The second kappa shape index (κ2) is 8.87. The van der Waals surface area contributed by atoms with E-state index in [4.69, 9.17) is 20.8 Å². The summed E-state index contributed by atoms with van der Waals surface area (Å²) >= 11 is 6.17. The van der Waals surface area contributed by atoms with Gasteiger partial charge >= 0.3 is 11.6 Å². The van der Waals surface area contributed by atoms with Crippen LogP contribution in [0.4, 0.5) is 0 Å². The summed E-state index contributed by atoms with van der Waals surface area (Å²) < 4.78 is 38.1. The van der Waals surface area contributed by atoms with Crippen LogP contribution in [-0.4, -0.2) is 31.8 Å². The van der Waals surface area contributed by atoms with Gasteiger partial charge in [0.2, 0.25) is 10.0 Å². The lowest BCUT2D eigenvalue weighted by atomic mass is 10.0. The van der Waals surface area contributed by atoms with Crippen molar-refractivity contribution in [3.63, 3.8) is 0 Å². The van der Waals surface area contributed by atoms with E-state index in [1.807, 2.05) is 30.3 Å². The van der Waals surface area contributed by atoms with E-state index >= 15 is 0 Å². The Morgan fingerprint density at radius 1 is 1.03 bits per heavy atom. The van der Waals surface area contributed by atoms with Gasteiger partial charge in [-0.3, -0.25) is 0 Å². The highest BCUT2D eigenvalue weighted by Crippen LogP contribution is 2.30. The first kappa shape index (κ1) is 22.6. The van der Waals surface area contributed by atoms with Gasteiger partial charge in [-0.25, -0.2) is 18.0 Å². The molecule has 0 aliphatic carbocycles. The van der Waals surface area contributed by atoms with Crippen molar-refractivity contribution in [2.75, 3.05) is 13.1 Å². The largest absolute Gasteiger partial charge is 0.457 e. The fraction of sp³-hybridized carbons (Fsp3) is 0.200. The van der Waals surface area contributed by atoms with Crippen LogP contribution in [0.3, 0.4) is 0 Å². The molecule has 9 heteroatoms. The van der Waals surface area contributed by atoms with Gasteiger partial charge < -0.3 is 9.15 Å². The quantitative estimate of drug-likeness (QED) is 0.224. The molecule has 1 aliphatic rings. The smallest absolute Gasteiger partial charge is 0.338 e. The van der Waals surface area contributed by atoms with E-state index in [-0.39, 0.29) is 22.1 Å². The highest BCUT2D eigenvalue weighted by Gasteiger charge is 2.30. The molecule has 0 atom stereocenters. The first-order valence-electron chi connectivity index (χ1n) is 10.8. The SMILES string of the molecule is O=C(OCc1cc(=O)oc2ccc3ccccc3c12)c1ccc(Cl)c(S(=O)(=O)N2CCCC2)c1. The van der Waals surface area contributed by atoms with E-state index < -0.39 is 21.6 Å². The Kier molecular flexibility index (Phi) is 5.89. The van der Waals surface area contributed by atoms with E-state index in [9.17, 15) is 18.0 Å². The third-order valence-corrected chi connectivity index (χ3v) is 8.30. The Bertz CT molecular complexity index is 1590. The number of ether oxygens (including phenoxy) is 1. The zero-order chi connectivity index (χ0) is 23.9. The van der Waals surface area contributed by atoms with E-state index in [1.165, 1.54) is 28.6 Å². The van der Waals surface area contributed by atoms with Crippen molar-refractivity contribution < 1.29 is 22.4 Å². The molecule has 2 heterocycles. The molecule has 4 aromatic rings. The van der Waals surface area contributed by atoms with Gasteiger partial charge in [-0.2, -0.15) is 4.31 Å². The number of esters is 1. The summed E-state index contributed by atoms with van der Waals surface area (Å²) in [4.78, 5) is 24.8. The normalized spacial score (nSPS) is 14.6. The number of carbonyl (C=O) groups excluding carboxylic acids is 1. The number of hydrogen-bond acceptors (Lipinski definition) is 6. The standard InChI is InChI=1S/C25H20ClNO6S/c26-20-9-7-17(13-22(20)34(30,31)27-11-3-4-12-27)25(29)32-15-18-14-23(28)33-21-10-8-16-5-1-2-6-19(16)24(18)21/h1-2,5-10,13-14H,3-4,11-12,15H2. The first-order valence-corrected chi connectivity index (χ1v) is 12.6. The second-order valence-corrected chi connectivity index (χ2v) is 10.4. The molecule has 34 heavy (non-hydrogen) atoms. The van der Waals surface area contributed by atoms with Crippen LogP contribution in [0.15, 0.2) is 74.8 Å².